The highest BCUT2D eigenvalue weighted by molar-refractivity contribution is 7.90. The van der Waals surface area contributed by atoms with E-state index in [1.807, 2.05) is 4.90 Å². The van der Waals surface area contributed by atoms with E-state index < -0.39 is 14.8 Å². The van der Waals surface area contributed by atoms with Crippen LogP contribution in [0.3, 0.4) is 0 Å². The average Bonchev–Trinajstić information content (AvgIpc) is 2.76. The molecule has 2 aliphatic heterocycles. The molecule has 0 aliphatic carbocycles. The number of para-hydroxylation sites is 1. The molecule has 2 atom stereocenters. The topological polar surface area (TPSA) is 92.6 Å². The van der Waals surface area contributed by atoms with E-state index in [0.717, 1.165) is 25.5 Å². The molecular formula is C14H19N3O4S. The first-order valence-corrected chi connectivity index (χ1v) is 9.24. The van der Waals surface area contributed by atoms with Gasteiger partial charge in [0.05, 0.1) is 4.92 Å². The van der Waals surface area contributed by atoms with E-state index >= 15 is 0 Å². The molecule has 22 heavy (non-hydrogen) atoms. The third kappa shape index (κ3) is 2.80. The molecule has 1 N–H and O–H groups in total. The highest BCUT2D eigenvalue weighted by atomic mass is 32.2. The number of nitrogens with zero attached hydrogens (tertiary/aromatic N) is 2. The Kier molecular flexibility index (Phi) is 3.82. The Labute approximate surface area is 129 Å². The third-order valence-corrected chi connectivity index (χ3v) is 5.55. The van der Waals surface area contributed by atoms with Crippen LogP contribution in [0.4, 0.5) is 11.4 Å². The molecule has 3 rings (SSSR count). The second kappa shape index (κ2) is 5.51. The molecule has 2 saturated heterocycles. The molecule has 1 aromatic rings. The molecule has 120 valence electrons. The van der Waals surface area contributed by atoms with Crippen LogP contribution in [0.5, 0.6) is 0 Å². The van der Waals surface area contributed by atoms with Gasteiger partial charge in [0.25, 0.3) is 0 Å². The van der Waals surface area contributed by atoms with Crippen LogP contribution >= 0.6 is 0 Å². The molecule has 0 saturated carbocycles. The highest BCUT2D eigenvalue weighted by Crippen LogP contribution is 2.36. The Balaban J connectivity index is 2.05. The first-order chi connectivity index (χ1) is 10.4. The number of nitrogens with one attached hydrogen (secondary N) is 1. The van der Waals surface area contributed by atoms with E-state index in [9.17, 15) is 18.5 Å². The molecule has 2 unspecified atom stereocenters. The zero-order valence-corrected chi connectivity index (χ0v) is 13.2. The van der Waals surface area contributed by atoms with E-state index in [4.69, 9.17) is 0 Å². The number of benzene rings is 1. The molecule has 8 heteroatoms. The summed E-state index contributed by atoms with van der Waals surface area (Å²) in [7, 11) is -3.64. The van der Waals surface area contributed by atoms with Crippen LogP contribution in [0.25, 0.3) is 0 Å². The number of nitro groups is 1. The van der Waals surface area contributed by atoms with Gasteiger partial charge in [0.15, 0.2) is 9.84 Å². The van der Waals surface area contributed by atoms with Gasteiger partial charge in [-0.2, -0.15) is 0 Å². The summed E-state index contributed by atoms with van der Waals surface area (Å²) >= 11 is 0. The number of anilines is 1. The maximum atomic E-state index is 11.9. The van der Waals surface area contributed by atoms with Crippen molar-refractivity contribution in [1.29, 1.82) is 0 Å². The predicted molar refractivity (Wildman–Crippen MR) is 83.0 cm³/mol. The van der Waals surface area contributed by atoms with Gasteiger partial charge in [-0.1, -0.05) is 6.07 Å². The third-order valence-electron chi connectivity index (χ3n) is 4.42. The molecule has 2 fully saturated rings. The summed E-state index contributed by atoms with van der Waals surface area (Å²) < 4.78 is 23.7. The van der Waals surface area contributed by atoms with Crippen LogP contribution in [-0.2, 0) is 9.84 Å². The standard InChI is InChI=1S/C14H19N3O4S/c1-22(20,21)13-4-2-3-12(14(13)17(18)19)16-8-7-10-5-6-11(9-16)15-10/h2-4,10-11,15H,5-9H2,1H3. The summed E-state index contributed by atoms with van der Waals surface area (Å²) in [5.74, 6) is 0. The first-order valence-electron chi connectivity index (χ1n) is 7.34. The lowest BCUT2D eigenvalue weighted by Gasteiger charge is -2.26. The van der Waals surface area contributed by atoms with E-state index in [2.05, 4.69) is 5.32 Å². The van der Waals surface area contributed by atoms with Crippen LogP contribution in [0, 0.1) is 10.1 Å². The SMILES string of the molecule is CS(=O)(=O)c1cccc(N2CCC3CCC(C2)N3)c1[N+](=O)[O-]. The quantitative estimate of drug-likeness (QED) is 0.666. The van der Waals surface area contributed by atoms with Gasteiger partial charge in [0.2, 0.25) is 0 Å². The fourth-order valence-electron chi connectivity index (χ4n) is 3.41. The van der Waals surface area contributed by atoms with Crippen molar-refractivity contribution in [2.24, 2.45) is 0 Å². The minimum Gasteiger partial charge on any atom is -0.364 e. The van der Waals surface area contributed by atoms with Gasteiger partial charge < -0.3 is 10.2 Å². The van der Waals surface area contributed by atoms with Crippen LogP contribution < -0.4 is 10.2 Å². The number of sulfone groups is 1. The van der Waals surface area contributed by atoms with Crippen molar-refractivity contribution in [3.63, 3.8) is 0 Å². The second-order valence-electron chi connectivity index (χ2n) is 6.03. The molecule has 0 spiro atoms. The van der Waals surface area contributed by atoms with Crippen LogP contribution in [0.2, 0.25) is 0 Å². The zero-order chi connectivity index (χ0) is 15.9. The zero-order valence-electron chi connectivity index (χ0n) is 12.4. The molecular weight excluding hydrogens is 306 g/mol. The fourth-order valence-corrected chi connectivity index (χ4v) is 4.27. The molecule has 0 radical (unpaired) electrons. The maximum Gasteiger partial charge on any atom is 0.311 e. The summed E-state index contributed by atoms with van der Waals surface area (Å²) in [5, 5.41) is 15.0. The summed E-state index contributed by atoms with van der Waals surface area (Å²) in [6.07, 6.45) is 4.12. The predicted octanol–water partition coefficient (Wildman–Crippen LogP) is 1.33. The van der Waals surface area contributed by atoms with Crippen molar-refractivity contribution < 1.29 is 13.3 Å². The minimum absolute atomic E-state index is 0.211. The monoisotopic (exact) mass is 325 g/mol. The van der Waals surface area contributed by atoms with Gasteiger partial charge >= 0.3 is 5.69 Å². The number of nitro benzene ring substituents is 1. The Morgan fingerprint density at radius 2 is 2.00 bits per heavy atom. The lowest BCUT2D eigenvalue weighted by molar-refractivity contribution is -0.387. The van der Waals surface area contributed by atoms with Crippen molar-refractivity contribution in [1.82, 2.24) is 5.32 Å². The molecule has 2 heterocycles. The largest absolute Gasteiger partial charge is 0.364 e. The Hall–Kier alpha value is -1.67. The summed E-state index contributed by atoms with van der Waals surface area (Å²) in [5.41, 5.74) is 0.102. The fraction of sp³-hybridized carbons (Fsp3) is 0.571. The maximum absolute atomic E-state index is 11.9. The van der Waals surface area contributed by atoms with Crippen molar-refractivity contribution in [2.45, 2.75) is 36.2 Å². The Morgan fingerprint density at radius 3 is 2.68 bits per heavy atom. The van der Waals surface area contributed by atoms with Gasteiger partial charge in [0.1, 0.15) is 10.6 Å². The van der Waals surface area contributed by atoms with E-state index in [1.54, 1.807) is 12.1 Å². The Morgan fingerprint density at radius 1 is 1.27 bits per heavy atom. The number of hydrogen-bond donors (Lipinski definition) is 1. The van der Waals surface area contributed by atoms with Gasteiger partial charge in [-0.15, -0.1) is 0 Å². The van der Waals surface area contributed by atoms with Crippen LogP contribution in [-0.4, -0.2) is 44.8 Å². The van der Waals surface area contributed by atoms with Gasteiger partial charge in [-0.25, -0.2) is 8.42 Å². The molecule has 2 bridgehead atoms. The van der Waals surface area contributed by atoms with Crippen LogP contribution in [0.1, 0.15) is 19.3 Å². The van der Waals surface area contributed by atoms with Crippen molar-refractivity contribution >= 4 is 21.2 Å². The molecule has 0 amide bonds. The average molecular weight is 325 g/mol. The molecule has 7 nitrogen and oxygen atoms in total. The molecule has 1 aromatic carbocycles. The lowest BCUT2D eigenvalue weighted by atomic mass is 10.1. The number of hydrogen-bond acceptors (Lipinski definition) is 6. The highest BCUT2D eigenvalue weighted by Gasteiger charge is 2.34. The first kappa shape index (κ1) is 15.2. The Bertz CT molecular complexity index is 704. The van der Waals surface area contributed by atoms with Crippen LogP contribution in [0.15, 0.2) is 23.1 Å². The van der Waals surface area contributed by atoms with E-state index in [-0.39, 0.29) is 10.6 Å². The van der Waals surface area contributed by atoms with Crippen molar-refractivity contribution in [3.8, 4) is 0 Å². The number of fused-ring (bicyclic) bond motifs is 2. The minimum atomic E-state index is -3.64. The second-order valence-corrected chi connectivity index (χ2v) is 8.01. The molecule has 2 aliphatic rings. The van der Waals surface area contributed by atoms with Gasteiger partial charge in [0, 0.05) is 31.4 Å². The van der Waals surface area contributed by atoms with E-state index in [1.165, 1.54) is 6.07 Å². The smallest absolute Gasteiger partial charge is 0.311 e. The summed E-state index contributed by atoms with van der Waals surface area (Å²) in [6, 6.07) is 5.31. The summed E-state index contributed by atoms with van der Waals surface area (Å²) in [6.45, 7) is 1.37. The van der Waals surface area contributed by atoms with Gasteiger partial charge in [-0.05, 0) is 31.4 Å². The van der Waals surface area contributed by atoms with Gasteiger partial charge in [-0.3, -0.25) is 10.1 Å². The van der Waals surface area contributed by atoms with Crippen molar-refractivity contribution in [2.75, 3.05) is 24.2 Å². The summed E-state index contributed by atoms with van der Waals surface area (Å²) in [4.78, 5) is 12.6. The number of rotatable bonds is 3. The van der Waals surface area contributed by atoms with E-state index in [0.29, 0.717) is 30.9 Å². The molecule has 0 aromatic heterocycles. The normalized spacial score (nSPS) is 25.0. The lowest BCUT2D eigenvalue weighted by Crippen LogP contribution is -2.35. The van der Waals surface area contributed by atoms with Crippen molar-refractivity contribution in [3.05, 3.63) is 28.3 Å².